The summed E-state index contributed by atoms with van der Waals surface area (Å²) in [5.41, 5.74) is 0. The second-order valence-electron chi connectivity index (χ2n) is 14.3. The zero-order valence-corrected chi connectivity index (χ0v) is 38.5. The SMILES string of the molecule is CC(C)CCCCCSC(SCCCCCC(C)C)C(=O)[O-].CC(C)CCCCCSC(SCCCCCC(C)C)C(=O)[O-].[CH3][Sn+2][CH3]. The number of hydrogen-bond acceptors (Lipinski definition) is 8. The molecule has 0 spiro atoms. The van der Waals surface area contributed by atoms with Gasteiger partial charge < -0.3 is 19.8 Å². The Morgan fingerprint density at radius 1 is 0.426 bits per heavy atom. The van der Waals surface area contributed by atoms with Crippen molar-refractivity contribution in [2.75, 3.05) is 23.0 Å². The zero-order chi connectivity index (χ0) is 36.3. The summed E-state index contributed by atoms with van der Waals surface area (Å²) in [6, 6.07) is 0. The molecule has 0 aromatic carbocycles. The molecular weight excluding hydrogens is 767 g/mol. The summed E-state index contributed by atoms with van der Waals surface area (Å²) in [6.07, 6.45) is 19.5. The van der Waals surface area contributed by atoms with E-state index < -0.39 is 11.9 Å². The van der Waals surface area contributed by atoms with E-state index in [1.165, 1.54) is 77.0 Å². The molecule has 0 aliphatic rings. The van der Waals surface area contributed by atoms with E-state index in [2.05, 4.69) is 65.3 Å². The van der Waals surface area contributed by atoms with E-state index in [1.54, 1.807) is 47.0 Å². The van der Waals surface area contributed by atoms with Gasteiger partial charge in [-0.1, -0.05) is 132 Å². The van der Waals surface area contributed by atoms with Crippen LogP contribution in [0.15, 0.2) is 0 Å². The van der Waals surface area contributed by atoms with Crippen LogP contribution in [0.4, 0.5) is 0 Å². The first-order valence-corrected chi connectivity index (χ1v) is 28.6. The average molecular weight is 844 g/mol. The summed E-state index contributed by atoms with van der Waals surface area (Å²) in [4.78, 5) is 26.9. The standard InChI is InChI=1S/2C18H36O2S2.2CH3.Sn/c2*1-15(2)11-7-5-9-13-21-18(17(19)20)22-14-10-6-8-12-16(3)4;;;/h2*15-16,18H,5-14H2,1-4H3,(H,19,20);2*1H3;/q;;;;+2/p-2. The third-order valence-corrected chi connectivity index (χ3v) is 12.9. The van der Waals surface area contributed by atoms with Gasteiger partial charge in [0.05, 0.1) is 21.1 Å². The van der Waals surface area contributed by atoms with Crippen molar-refractivity contribution < 1.29 is 19.8 Å². The summed E-state index contributed by atoms with van der Waals surface area (Å²) in [5.74, 6) is 5.05. The van der Waals surface area contributed by atoms with Crippen LogP contribution in [0.3, 0.4) is 0 Å². The second-order valence-corrected chi connectivity index (χ2v) is 22.6. The molecule has 0 heterocycles. The van der Waals surface area contributed by atoms with E-state index in [-0.39, 0.29) is 30.3 Å². The van der Waals surface area contributed by atoms with Gasteiger partial charge in [0, 0.05) is 0 Å². The number of thioether (sulfide) groups is 4. The number of unbranched alkanes of at least 4 members (excludes halogenated alkanes) is 8. The molecule has 0 amide bonds. The number of carboxylic acids is 2. The van der Waals surface area contributed by atoms with Crippen LogP contribution in [0.1, 0.15) is 158 Å². The Hall–Kier alpha value is 1.14. The monoisotopic (exact) mass is 844 g/mol. The van der Waals surface area contributed by atoms with Gasteiger partial charge in [-0.05, 0) is 72.4 Å². The Bertz CT molecular complexity index is 572. The molecule has 280 valence electrons. The number of aliphatic carboxylic acids is 2. The van der Waals surface area contributed by atoms with Gasteiger partial charge in [-0.2, -0.15) is 0 Å². The van der Waals surface area contributed by atoms with Gasteiger partial charge in [0.15, 0.2) is 0 Å². The minimum absolute atomic E-state index is 0.230. The quantitative estimate of drug-likeness (QED) is 0.0402. The van der Waals surface area contributed by atoms with Crippen molar-refractivity contribution >= 4 is 80.1 Å². The van der Waals surface area contributed by atoms with Crippen LogP contribution in [-0.2, 0) is 9.59 Å². The molecule has 0 rings (SSSR count). The van der Waals surface area contributed by atoms with Crippen LogP contribution in [0.2, 0.25) is 9.88 Å². The van der Waals surface area contributed by atoms with Crippen LogP contribution >= 0.6 is 47.0 Å². The second kappa shape index (κ2) is 39.9. The van der Waals surface area contributed by atoms with Crippen molar-refractivity contribution in [1.29, 1.82) is 0 Å². The Balaban J connectivity index is -0.000000759. The van der Waals surface area contributed by atoms with E-state index in [9.17, 15) is 19.8 Å². The molecule has 9 heteroatoms. The van der Waals surface area contributed by atoms with E-state index in [0.29, 0.717) is 0 Å². The third kappa shape index (κ3) is 47.1. The molecule has 0 bridgehead atoms. The van der Waals surface area contributed by atoms with Crippen LogP contribution in [0.5, 0.6) is 0 Å². The molecular formula is C38H76O4S4Sn. The molecule has 0 fully saturated rings. The number of rotatable bonds is 30. The number of carbonyl (C=O) groups excluding carboxylic acids is 2. The zero-order valence-electron chi connectivity index (χ0n) is 32.4. The van der Waals surface area contributed by atoms with Crippen molar-refractivity contribution in [3.63, 3.8) is 0 Å². The fraction of sp³-hybridized carbons (Fsp3) is 0.947. The minimum atomic E-state index is -0.903. The van der Waals surface area contributed by atoms with E-state index in [4.69, 9.17) is 0 Å². The first-order chi connectivity index (χ1) is 22.3. The van der Waals surface area contributed by atoms with E-state index >= 15 is 0 Å². The average Bonchev–Trinajstić information content (AvgIpc) is 2.97. The molecule has 4 nitrogen and oxygen atoms in total. The van der Waals surface area contributed by atoms with Gasteiger partial charge in [-0.15, -0.1) is 47.0 Å². The maximum atomic E-state index is 11.2. The fourth-order valence-corrected chi connectivity index (χ4v) is 9.26. The van der Waals surface area contributed by atoms with Crippen LogP contribution in [-0.4, -0.2) is 65.3 Å². The van der Waals surface area contributed by atoms with E-state index in [0.717, 1.165) is 72.4 Å². The molecule has 0 radical (unpaired) electrons. The summed E-state index contributed by atoms with van der Waals surface area (Å²) < 4.78 is -0.759. The van der Waals surface area contributed by atoms with Crippen LogP contribution in [0.25, 0.3) is 0 Å². The molecule has 47 heavy (non-hydrogen) atoms. The van der Waals surface area contributed by atoms with E-state index in [1.807, 2.05) is 0 Å². The molecule has 0 aromatic heterocycles. The molecule has 0 aromatic rings. The van der Waals surface area contributed by atoms with Gasteiger partial charge in [0.25, 0.3) is 0 Å². The van der Waals surface area contributed by atoms with Crippen molar-refractivity contribution in [2.45, 2.75) is 177 Å². The predicted octanol–water partition coefficient (Wildman–Crippen LogP) is 10.7. The molecule has 0 unspecified atom stereocenters. The first kappa shape index (κ1) is 52.5. The van der Waals surface area contributed by atoms with Gasteiger partial charge in [0.1, 0.15) is 0 Å². The normalized spacial score (nSPS) is 11.2. The topological polar surface area (TPSA) is 80.3 Å². The van der Waals surface area contributed by atoms with Crippen LogP contribution in [0, 0.1) is 23.7 Å². The number of hydrogen-bond donors (Lipinski definition) is 0. The van der Waals surface area contributed by atoms with Crippen molar-refractivity contribution in [3.05, 3.63) is 0 Å². The van der Waals surface area contributed by atoms with Crippen molar-refractivity contribution in [1.82, 2.24) is 0 Å². The van der Waals surface area contributed by atoms with Crippen molar-refractivity contribution in [3.8, 4) is 0 Å². The van der Waals surface area contributed by atoms with Gasteiger partial charge in [-0.3, -0.25) is 0 Å². The number of carbonyl (C=O) groups is 2. The van der Waals surface area contributed by atoms with Crippen molar-refractivity contribution in [2.24, 2.45) is 23.7 Å². The summed E-state index contributed by atoms with van der Waals surface area (Å²) in [7, 11) is 0. The molecule has 0 saturated carbocycles. The maximum absolute atomic E-state index is 11.2. The predicted molar refractivity (Wildman–Crippen MR) is 218 cm³/mol. The van der Waals surface area contributed by atoms with Crippen LogP contribution < -0.4 is 10.2 Å². The van der Waals surface area contributed by atoms with Gasteiger partial charge in [0.2, 0.25) is 0 Å². The Morgan fingerprint density at radius 3 is 0.766 bits per heavy atom. The molecule has 0 saturated heterocycles. The van der Waals surface area contributed by atoms with Gasteiger partial charge in [-0.25, -0.2) is 0 Å². The first-order valence-electron chi connectivity index (χ1n) is 18.7. The Labute approximate surface area is 321 Å². The molecule has 0 aliphatic carbocycles. The molecule has 0 N–H and O–H groups in total. The molecule has 0 atom stereocenters. The number of carboxylic acid groups (broad SMARTS) is 2. The van der Waals surface area contributed by atoms with Gasteiger partial charge >= 0.3 is 31.0 Å². The summed E-state index contributed by atoms with van der Waals surface area (Å²) in [5, 5.41) is 22.3. The summed E-state index contributed by atoms with van der Waals surface area (Å²) in [6.45, 7) is 18.0. The summed E-state index contributed by atoms with van der Waals surface area (Å²) >= 11 is 6.46. The third-order valence-electron chi connectivity index (χ3n) is 7.17. The Morgan fingerprint density at radius 2 is 0.617 bits per heavy atom. The Kier molecular flexibility index (Phi) is 44.6. The fourth-order valence-electron chi connectivity index (χ4n) is 4.46. The molecule has 0 aliphatic heterocycles.